The van der Waals surface area contributed by atoms with Crippen molar-refractivity contribution in [3.63, 3.8) is 0 Å². The molecule has 274 valence electrons. The number of benzene rings is 6. The average molecular weight is 784 g/mol. The Morgan fingerprint density at radius 3 is 1.54 bits per heavy atom. The molecular weight excluding hydrogens is 731 g/mol. The predicted octanol–water partition coefficient (Wildman–Crippen LogP) is 11.6. The molecule has 0 saturated carbocycles. The third-order valence-electron chi connectivity index (χ3n) is 12.9. The molecular formula is C51H52Cl2Ti. The second-order valence-corrected chi connectivity index (χ2v) is 24.8. The minimum atomic E-state index is -4.61. The maximum atomic E-state index is 5.77. The van der Waals surface area contributed by atoms with Gasteiger partial charge in [-0.2, -0.15) is 0 Å². The van der Waals surface area contributed by atoms with E-state index in [4.69, 9.17) is 4.82 Å². The van der Waals surface area contributed by atoms with Crippen LogP contribution in [0.5, 0.6) is 0 Å². The molecule has 6 aromatic rings. The first-order chi connectivity index (χ1) is 24.9. The van der Waals surface area contributed by atoms with Crippen molar-refractivity contribution in [3.05, 3.63) is 206 Å². The van der Waals surface area contributed by atoms with Crippen LogP contribution in [-0.2, 0) is 32.1 Å². The summed E-state index contributed by atoms with van der Waals surface area (Å²) < 4.78 is 5.74. The Kier molecular flexibility index (Phi) is 10.7. The normalized spacial score (nSPS) is 13.7. The van der Waals surface area contributed by atoms with Crippen molar-refractivity contribution in [3.8, 4) is 11.1 Å². The minimum absolute atomic E-state index is 0. The van der Waals surface area contributed by atoms with Crippen LogP contribution in [0, 0.1) is 13.8 Å². The molecule has 0 radical (unpaired) electrons. The molecule has 0 bridgehead atoms. The van der Waals surface area contributed by atoms with Crippen molar-refractivity contribution in [1.82, 2.24) is 0 Å². The van der Waals surface area contributed by atoms with Crippen molar-refractivity contribution in [2.45, 2.75) is 65.2 Å². The molecule has 0 spiro atoms. The van der Waals surface area contributed by atoms with Gasteiger partial charge in [-0.15, -0.1) is 24.8 Å². The van der Waals surface area contributed by atoms with Crippen LogP contribution in [-0.4, -0.2) is 4.82 Å². The van der Waals surface area contributed by atoms with Gasteiger partial charge in [-0.25, -0.2) is 0 Å². The fourth-order valence-corrected chi connectivity index (χ4v) is 19.0. The van der Waals surface area contributed by atoms with Crippen molar-refractivity contribution < 1.29 is 14.8 Å². The van der Waals surface area contributed by atoms with Gasteiger partial charge in [-0.05, 0) is 0 Å². The number of aryl methyl sites for hydroxylation is 2. The summed E-state index contributed by atoms with van der Waals surface area (Å²) in [6.45, 7) is 13.9. The molecule has 3 heteroatoms. The summed E-state index contributed by atoms with van der Waals surface area (Å²) in [6.07, 6.45) is 8.87. The molecule has 0 aromatic heterocycles. The zero-order chi connectivity index (χ0) is 36.3. The first-order valence-corrected chi connectivity index (χ1v) is 23.1. The fraction of sp³-hybridized carbons (Fsp3) is 0.196. The van der Waals surface area contributed by atoms with E-state index in [1.807, 2.05) is 0 Å². The number of fused-ring (bicyclic) bond motifs is 3. The van der Waals surface area contributed by atoms with Crippen molar-refractivity contribution >= 4 is 41.2 Å². The van der Waals surface area contributed by atoms with Crippen LogP contribution >= 0.6 is 24.8 Å². The van der Waals surface area contributed by atoms with E-state index in [1.54, 1.807) is 0 Å². The molecule has 2 aliphatic carbocycles. The van der Waals surface area contributed by atoms with Crippen molar-refractivity contribution in [1.29, 1.82) is 0 Å². The number of allylic oxidation sites excluding steroid dienone is 4. The first-order valence-electron chi connectivity index (χ1n) is 18.9. The van der Waals surface area contributed by atoms with Gasteiger partial charge in [-0.1, -0.05) is 0 Å². The molecule has 2 aliphatic rings. The van der Waals surface area contributed by atoms with Gasteiger partial charge in [0.05, 0.1) is 0 Å². The van der Waals surface area contributed by atoms with E-state index in [1.165, 1.54) is 71.1 Å². The molecule has 0 atom stereocenters. The predicted molar refractivity (Wildman–Crippen MR) is 237 cm³/mol. The Labute approximate surface area is 336 Å². The molecule has 0 aliphatic heterocycles. The van der Waals surface area contributed by atoms with Gasteiger partial charge in [0, 0.05) is 0 Å². The average Bonchev–Trinajstić information content (AvgIpc) is 3.85. The Bertz CT molecular complexity index is 2400. The van der Waals surface area contributed by atoms with Crippen LogP contribution in [0.2, 0.25) is 0 Å². The van der Waals surface area contributed by atoms with E-state index in [2.05, 4.69) is 199 Å². The second kappa shape index (κ2) is 14.6. The van der Waals surface area contributed by atoms with Gasteiger partial charge in [0.15, 0.2) is 0 Å². The van der Waals surface area contributed by atoms with Crippen molar-refractivity contribution in [2.75, 3.05) is 0 Å². The molecule has 0 N–H and O–H groups in total. The number of hydrogen-bond acceptors (Lipinski definition) is 0. The van der Waals surface area contributed by atoms with Crippen LogP contribution in [0.25, 0.3) is 11.1 Å². The van der Waals surface area contributed by atoms with E-state index in [0.29, 0.717) is 0 Å². The van der Waals surface area contributed by atoms with Gasteiger partial charge in [-0.3, -0.25) is 0 Å². The Hall–Kier alpha value is -4.04. The summed E-state index contributed by atoms with van der Waals surface area (Å²) in [5.74, 6) is 0. The number of hydrogen-bond donors (Lipinski definition) is 0. The summed E-state index contributed by atoms with van der Waals surface area (Å²) >= 11 is -4.61. The van der Waals surface area contributed by atoms with Gasteiger partial charge >= 0.3 is 314 Å². The third-order valence-corrected chi connectivity index (χ3v) is 23.3. The standard InChI is InChI=1S/C31H29.2C7H7.C5H5.CH2.2ClH.Ti/c1-30(2,24-11-7-5-8-12-24)26-17-15-22-19-23-16-18-27(21-29(23)28(22)20-26)31(3,4)25-13-9-6-10-14-25;2*1-7-5-3-2-4-6-7;1-2-4-5-3-1;;;;/h5-15,17-18,20-21H,19H2,1-4H3;2*3-6H,1H3;1-3H,4H2;1H2;2*1H;. The molecule has 0 fully saturated rings. The zero-order valence-electron chi connectivity index (χ0n) is 32.4. The van der Waals surface area contributed by atoms with E-state index < -0.39 is 14.8 Å². The SMILES string of the molecule is Cl.Cl.[CH2]=[Ti]([C]1=CC=CC1)([c]1ccc(C)cc1)([c]1ccc(C)cc1)[c]1cc(C(C)(C)c2ccccc2)cc2c1Cc1ccc(C(C)(C)c3ccccc3)cc1-2. The molecule has 0 unspecified atom stereocenters. The maximum absolute atomic E-state index is 5.77. The van der Waals surface area contributed by atoms with Crippen LogP contribution in [0.3, 0.4) is 0 Å². The molecule has 54 heavy (non-hydrogen) atoms. The van der Waals surface area contributed by atoms with Crippen LogP contribution in [0.4, 0.5) is 0 Å². The Balaban J connectivity index is 0.00000249. The summed E-state index contributed by atoms with van der Waals surface area (Å²) in [5.41, 5.74) is 13.1. The van der Waals surface area contributed by atoms with Crippen LogP contribution < -0.4 is 11.6 Å². The molecule has 0 nitrogen and oxygen atoms in total. The second-order valence-electron chi connectivity index (χ2n) is 16.6. The van der Waals surface area contributed by atoms with Gasteiger partial charge in [0.25, 0.3) is 0 Å². The van der Waals surface area contributed by atoms with E-state index in [-0.39, 0.29) is 35.6 Å². The first kappa shape index (κ1) is 39.7. The Morgan fingerprint density at radius 2 is 1.04 bits per heavy atom. The third kappa shape index (κ3) is 6.07. The van der Waals surface area contributed by atoms with E-state index in [9.17, 15) is 0 Å². The Morgan fingerprint density at radius 1 is 0.537 bits per heavy atom. The van der Waals surface area contributed by atoms with Gasteiger partial charge in [0.2, 0.25) is 0 Å². The fourth-order valence-electron chi connectivity index (χ4n) is 9.28. The molecule has 0 saturated heterocycles. The zero-order valence-corrected chi connectivity index (χ0v) is 35.6. The van der Waals surface area contributed by atoms with E-state index in [0.717, 1.165) is 12.8 Å². The topological polar surface area (TPSA) is 0 Å². The summed E-state index contributed by atoms with van der Waals surface area (Å²) in [7, 11) is 0. The number of halogens is 2. The summed E-state index contributed by atoms with van der Waals surface area (Å²) in [6, 6.07) is 53.4. The molecule has 0 heterocycles. The number of rotatable bonds is 8. The molecule has 6 aromatic carbocycles. The summed E-state index contributed by atoms with van der Waals surface area (Å²) in [4.78, 5) is 5.77. The van der Waals surface area contributed by atoms with Crippen LogP contribution in [0.15, 0.2) is 162 Å². The van der Waals surface area contributed by atoms with E-state index >= 15 is 0 Å². The van der Waals surface area contributed by atoms with Crippen LogP contribution in [0.1, 0.15) is 78.6 Å². The van der Waals surface area contributed by atoms with Crippen molar-refractivity contribution in [2.24, 2.45) is 0 Å². The monoisotopic (exact) mass is 782 g/mol. The van der Waals surface area contributed by atoms with Gasteiger partial charge in [0.1, 0.15) is 0 Å². The molecule has 8 rings (SSSR count). The van der Waals surface area contributed by atoms with Gasteiger partial charge < -0.3 is 0 Å². The quantitative estimate of drug-likeness (QED) is 0.135. The molecule has 0 amide bonds. The summed E-state index contributed by atoms with van der Waals surface area (Å²) in [5, 5.41) is 0.